The SMILES string of the molecule is Cc1cc(C)c(OCCN2CCC(C)CC2)c(Br)c1. The molecule has 1 saturated heterocycles. The first kappa shape index (κ1) is 14.9. The quantitative estimate of drug-likeness (QED) is 0.823. The van der Waals surface area contributed by atoms with Crippen LogP contribution in [0.25, 0.3) is 0 Å². The first-order valence-corrected chi connectivity index (χ1v) is 7.97. The maximum atomic E-state index is 5.96. The van der Waals surface area contributed by atoms with E-state index < -0.39 is 0 Å². The Labute approximate surface area is 125 Å². The van der Waals surface area contributed by atoms with Gasteiger partial charge in [-0.05, 0) is 78.8 Å². The predicted octanol–water partition coefficient (Wildman–Crippen LogP) is 4.18. The van der Waals surface area contributed by atoms with E-state index in [1.165, 1.54) is 37.1 Å². The van der Waals surface area contributed by atoms with Crippen LogP contribution in [0.4, 0.5) is 0 Å². The number of aryl methyl sites for hydroxylation is 2. The van der Waals surface area contributed by atoms with Crippen LogP contribution >= 0.6 is 15.9 Å². The second kappa shape index (κ2) is 6.76. The molecular formula is C16H24BrNO. The fourth-order valence-corrected chi connectivity index (χ4v) is 3.44. The molecule has 1 aliphatic heterocycles. The summed E-state index contributed by atoms with van der Waals surface area (Å²) in [5, 5.41) is 0. The van der Waals surface area contributed by atoms with Gasteiger partial charge < -0.3 is 4.74 Å². The van der Waals surface area contributed by atoms with E-state index in [9.17, 15) is 0 Å². The lowest BCUT2D eigenvalue weighted by Crippen LogP contribution is -2.35. The Morgan fingerprint density at radius 1 is 1.26 bits per heavy atom. The van der Waals surface area contributed by atoms with Crippen LogP contribution in [0, 0.1) is 19.8 Å². The fourth-order valence-electron chi connectivity index (χ4n) is 2.65. The van der Waals surface area contributed by atoms with Crippen LogP contribution in [0.5, 0.6) is 5.75 Å². The number of ether oxygens (including phenoxy) is 1. The van der Waals surface area contributed by atoms with Crippen molar-refractivity contribution in [3.8, 4) is 5.75 Å². The molecule has 0 amide bonds. The number of rotatable bonds is 4. The molecule has 0 aliphatic carbocycles. The van der Waals surface area contributed by atoms with E-state index in [1.54, 1.807) is 0 Å². The van der Waals surface area contributed by atoms with Crippen molar-refractivity contribution in [2.45, 2.75) is 33.6 Å². The van der Waals surface area contributed by atoms with E-state index >= 15 is 0 Å². The molecule has 1 aromatic carbocycles. The van der Waals surface area contributed by atoms with Gasteiger partial charge in [-0.15, -0.1) is 0 Å². The molecule has 2 rings (SSSR count). The lowest BCUT2D eigenvalue weighted by Gasteiger charge is -2.30. The molecule has 0 unspecified atom stereocenters. The number of piperidine rings is 1. The number of hydrogen-bond donors (Lipinski definition) is 0. The Balaban J connectivity index is 1.83. The standard InChI is InChI=1S/C16H24BrNO/c1-12-4-6-18(7-5-12)8-9-19-16-14(3)10-13(2)11-15(16)17/h10-12H,4-9H2,1-3H3. The summed E-state index contributed by atoms with van der Waals surface area (Å²) in [6.07, 6.45) is 2.65. The van der Waals surface area contributed by atoms with E-state index in [0.717, 1.165) is 29.3 Å². The smallest absolute Gasteiger partial charge is 0.136 e. The van der Waals surface area contributed by atoms with E-state index in [4.69, 9.17) is 4.74 Å². The maximum Gasteiger partial charge on any atom is 0.136 e. The summed E-state index contributed by atoms with van der Waals surface area (Å²) in [7, 11) is 0. The van der Waals surface area contributed by atoms with Gasteiger partial charge in [0.1, 0.15) is 12.4 Å². The summed E-state index contributed by atoms with van der Waals surface area (Å²) in [5.41, 5.74) is 2.47. The van der Waals surface area contributed by atoms with Gasteiger partial charge in [0.2, 0.25) is 0 Å². The van der Waals surface area contributed by atoms with Gasteiger partial charge >= 0.3 is 0 Å². The Morgan fingerprint density at radius 2 is 1.95 bits per heavy atom. The maximum absolute atomic E-state index is 5.96. The van der Waals surface area contributed by atoms with Crippen LogP contribution in [-0.2, 0) is 0 Å². The van der Waals surface area contributed by atoms with Crippen molar-refractivity contribution in [3.05, 3.63) is 27.7 Å². The lowest BCUT2D eigenvalue weighted by molar-refractivity contribution is 0.160. The van der Waals surface area contributed by atoms with E-state index in [1.807, 2.05) is 0 Å². The van der Waals surface area contributed by atoms with Crippen LogP contribution in [0.2, 0.25) is 0 Å². The molecule has 0 radical (unpaired) electrons. The highest BCUT2D eigenvalue weighted by molar-refractivity contribution is 9.10. The number of hydrogen-bond acceptors (Lipinski definition) is 2. The third-order valence-corrected chi connectivity index (χ3v) is 4.49. The van der Waals surface area contributed by atoms with Gasteiger partial charge in [0.15, 0.2) is 0 Å². The monoisotopic (exact) mass is 325 g/mol. The number of likely N-dealkylation sites (tertiary alicyclic amines) is 1. The highest BCUT2D eigenvalue weighted by Gasteiger charge is 2.15. The van der Waals surface area contributed by atoms with E-state index in [-0.39, 0.29) is 0 Å². The lowest BCUT2D eigenvalue weighted by atomic mass is 9.99. The Bertz CT molecular complexity index is 402. The molecule has 0 N–H and O–H groups in total. The predicted molar refractivity (Wildman–Crippen MR) is 83.9 cm³/mol. The second-order valence-corrected chi connectivity index (χ2v) is 6.62. The third kappa shape index (κ3) is 4.22. The summed E-state index contributed by atoms with van der Waals surface area (Å²) in [6, 6.07) is 4.29. The normalized spacial score (nSPS) is 17.7. The topological polar surface area (TPSA) is 12.5 Å². The zero-order valence-electron chi connectivity index (χ0n) is 12.2. The largest absolute Gasteiger partial charge is 0.491 e. The van der Waals surface area contributed by atoms with Gasteiger partial charge in [-0.25, -0.2) is 0 Å². The van der Waals surface area contributed by atoms with Crippen LogP contribution < -0.4 is 4.74 Å². The number of nitrogens with zero attached hydrogens (tertiary/aromatic N) is 1. The average molecular weight is 326 g/mol. The fraction of sp³-hybridized carbons (Fsp3) is 0.625. The number of halogens is 1. The molecule has 0 bridgehead atoms. The average Bonchev–Trinajstić information content (AvgIpc) is 2.34. The second-order valence-electron chi connectivity index (χ2n) is 5.77. The minimum Gasteiger partial charge on any atom is -0.491 e. The van der Waals surface area contributed by atoms with E-state index in [2.05, 4.69) is 53.7 Å². The van der Waals surface area contributed by atoms with Gasteiger partial charge in [-0.2, -0.15) is 0 Å². The molecule has 1 fully saturated rings. The molecule has 1 aromatic rings. The van der Waals surface area contributed by atoms with Gasteiger partial charge in [0, 0.05) is 6.54 Å². The van der Waals surface area contributed by atoms with Crippen molar-refractivity contribution in [3.63, 3.8) is 0 Å². The summed E-state index contributed by atoms with van der Waals surface area (Å²) >= 11 is 3.59. The molecular weight excluding hydrogens is 302 g/mol. The minimum absolute atomic E-state index is 0.775. The van der Waals surface area contributed by atoms with Crippen LogP contribution in [0.15, 0.2) is 16.6 Å². The van der Waals surface area contributed by atoms with Gasteiger partial charge in [-0.3, -0.25) is 4.90 Å². The highest BCUT2D eigenvalue weighted by Crippen LogP contribution is 2.30. The molecule has 2 nitrogen and oxygen atoms in total. The van der Waals surface area contributed by atoms with Gasteiger partial charge in [-0.1, -0.05) is 13.0 Å². The van der Waals surface area contributed by atoms with Crippen molar-refractivity contribution < 1.29 is 4.74 Å². The molecule has 3 heteroatoms. The molecule has 1 aliphatic rings. The first-order valence-electron chi connectivity index (χ1n) is 7.18. The summed E-state index contributed by atoms with van der Waals surface area (Å²) in [6.45, 7) is 10.8. The molecule has 0 atom stereocenters. The van der Waals surface area contributed by atoms with E-state index in [0.29, 0.717) is 0 Å². The molecule has 0 saturated carbocycles. The van der Waals surface area contributed by atoms with Crippen LogP contribution in [0.1, 0.15) is 30.9 Å². The van der Waals surface area contributed by atoms with Crippen LogP contribution in [0.3, 0.4) is 0 Å². The zero-order chi connectivity index (χ0) is 13.8. The van der Waals surface area contributed by atoms with Crippen molar-refractivity contribution in [2.24, 2.45) is 5.92 Å². The summed E-state index contributed by atoms with van der Waals surface area (Å²) in [5.74, 6) is 1.89. The van der Waals surface area contributed by atoms with Crippen LogP contribution in [-0.4, -0.2) is 31.1 Å². The third-order valence-electron chi connectivity index (χ3n) is 3.90. The highest BCUT2D eigenvalue weighted by atomic mass is 79.9. The molecule has 1 heterocycles. The van der Waals surface area contributed by atoms with Crippen molar-refractivity contribution in [2.75, 3.05) is 26.2 Å². The Kier molecular flexibility index (Phi) is 5.28. The van der Waals surface area contributed by atoms with Crippen molar-refractivity contribution in [1.82, 2.24) is 4.90 Å². The Hall–Kier alpha value is -0.540. The number of benzene rings is 1. The van der Waals surface area contributed by atoms with Crippen molar-refractivity contribution >= 4 is 15.9 Å². The van der Waals surface area contributed by atoms with Gasteiger partial charge in [0.05, 0.1) is 4.47 Å². The molecule has 19 heavy (non-hydrogen) atoms. The zero-order valence-corrected chi connectivity index (χ0v) is 13.8. The van der Waals surface area contributed by atoms with Gasteiger partial charge in [0.25, 0.3) is 0 Å². The molecule has 0 aromatic heterocycles. The molecule has 106 valence electrons. The van der Waals surface area contributed by atoms with Crippen molar-refractivity contribution in [1.29, 1.82) is 0 Å². The Morgan fingerprint density at radius 3 is 2.58 bits per heavy atom. The minimum atomic E-state index is 0.775. The molecule has 0 spiro atoms. The summed E-state index contributed by atoms with van der Waals surface area (Å²) in [4.78, 5) is 2.51. The summed E-state index contributed by atoms with van der Waals surface area (Å²) < 4.78 is 7.03. The first-order chi connectivity index (χ1) is 9.06.